The molecule has 2 aromatic heterocycles. The SMILES string of the molecule is Cc1cc(C(F)(F)F)nn1Cc1cn[nH]c1CC(F)(F)F. The van der Waals surface area contributed by atoms with Crippen molar-refractivity contribution in [1.29, 1.82) is 0 Å². The van der Waals surface area contributed by atoms with Crippen LogP contribution in [0.2, 0.25) is 0 Å². The van der Waals surface area contributed by atoms with Crippen LogP contribution in [0.1, 0.15) is 22.6 Å². The van der Waals surface area contributed by atoms with E-state index >= 15 is 0 Å². The van der Waals surface area contributed by atoms with Gasteiger partial charge in [-0.3, -0.25) is 9.78 Å². The first-order valence-corrected chi connectivity index (χ1v) is 5.76. The van der Waals surface area contributed by atoms with E-state index in [2.05, 4.69) is 15.3 Å². The molecule has 116 valence electrons. The molecule has 0 aromatic carbocycles. The Morgan fingerprint density at radius 3 is 2.38 bits per heavy atom. The lowest BCUT2D eigenvalue weighted by molar-refractivity contribution is -0.141. The van der Waals surface area contributed by atoms with Gasteiger partial charge >= 0.3 is 12.4 Å². The smallest absolute Gasteiger partial charge is 0.282 e. The van der Waals surface area contributed by atoms with Crippen molar-refractivity contribution < 1.29 is 26.3 Å². The Morgan fingerprint density at radius 1 is 1.19 bits per heavy atom. The zero-order chi connectivity index (χ0) is 15.8. The molecule has 0 aliphatic rings. The number of alkyl halides is 6. The lowest BCUT2D eigenvalue weighted by Crippen LogP contribution is -2.15. The molecule has 0 fully saturated rings. The summed E-state index contributed by atoms with van der Waals surface area (Å²) in [5.41, 5.74) is -0.930. The number of aromatic nitrogens is 4. The van der Waals surface area contributed by atoms with Crippen LogP contribution in [-0.2, 0) is 19.1 Å². The number of rotatable bonds is 3. The van der Waals surface area contributed by atoms with E-state index < -0.39 is 24.5 Å². The minimum atomic E-state index is -4.60. The van der Waals surface area contributed by atoms with Crippen molar-refractivity contribution >= 4 is 0 Å². The van der Waals surface area contributed by atoms with Crippen LogP contribution < -0.4 is 0 Å². The third kappa shape index (κ3) is 3.76. The van der Waals surface area contributed by atoms with Crippen LogP contribution in [0.15, 0.2) is 12.3 Å². The minimum Gasteiger partial charge on any atom is -0.282 e. The molecule has 0 aliphatic carbocycles. The fraction of sp³-hybridized carbons (Fsp3) is 0.455. The maximum Gasteiger partial charge on any atom is 0.435 e. The van der Waals surface area contributed by atoms with Gasteiger partial charge < -0.3 is 0 Å². The predicted octanol–water partition coefficient (Wildman–Crippen LogP) is 3.09. The molecular weight excluding hydrogens is 302 g/mol. The molecule has 0 saturated heterocycles. The van der Waals surface area contributed by atoms with Crippen LogP contribution in [-0.4, -0.2) is 26.2 Å². The molecule has 0 spiro atoms. The fourth-order valence-electron chi connectivity index (χ4n) is 1.80. The second-order valence-electron chi connectivity index (χ2n) is 4.49. The average Bonchev–Trinajstić information content (AvgIpc) is 2.85. The van der Waals surface area contributed by atoms with E-state index in [0.29, 0.717) is 0 Å². The largest absolute Gasteiger partial charge is 0.435 e. The summed E-state index contributed by atoms with van der Waals surface area (Å²) in [6.45, 7) is 1.18. The van der Waals surface area contributed by atoms with Crippen LogP contribution in [0.5, 0.6) is 0 Å². The van der Waals surface area contributed by atoms with Gasteiger partial charge in [-0.25, -0.2) is 0 Å². The molecule has 0 bridgehead atoms. The molecule has 4 nitrogen and oxygen atoms in total. The van der Waals surface area contributed by atoms with Crippen molar-refractivity contribution in [3.05, 3.63) is 34.9 Å². The van der Waals surface area contributed by atoms with Gasteiger partial charge in [0, 0.05) is 17.0 Å². The van der Waals surface area contributed by atoms with Crippen LogP contribution in [0.25, 0.3) is 0 Å². The van der Waals surface area contributed by atoms with Gasteiger partial charge in [0.1, 0.15) is 0 Å². The average molecular weight is 312 g/mol. The van der Waals surface area contributed by atoms with E-state index in [1.54, 1.807) is 0 Å². The third-order valence-corrected chi connectivity index (χ3v) is 2.78. The summed E-state index contributed by atoms with van der Waals surface area (Å²) in [5.74, 6) is 0. The number of halogens is 6. The zero-order valence-corrected chi connectivity index (χ0v) is 10.7. The van der Waals surface area contributed by atoms with E-state index in [-0.39, 0.29) is 23.5 Å². The first kappa shape index (κ1) is 15.4. The van der Waals surface area contributed by atoms with Gasteiger partial charge in [-0.15, -0.1) is 0 Å². The predicted molar refractivity (Wildman–Crippen MR) is 59.4 cm³/mol. The van der Waals surface area contributed by atoms with Gasteiger partial charge in [-0.2, -0.15) is 36.5 Å². The van der Waals surface area contributed by atoms with Crippen molar-refractivity contribution in [1.82, 2.24) is 20.0 Å². The molecule has 2 heterocycles. The summed E-state index contributed by atoms with van der Waals surface area (Å²) in [6, 6.07) is 0.837. The van der Waals surface area contributed by atoms with Crippen molar-refractivity contribution in [2.24, 2.45) is 0 Å². The lowest BCUT2D eigenvalue weighted by atomic mass is 10.2. The van der Waals surface area contributed by atoms with Gasteiger partial charge in [-0.1, -0.05) is 0 Å². The van der Waals surface area contributed by atoms with Gasteiger partial charge in [0.25, 0.3) is 0 Å². The molecule has 0 aliphatic heterocycles. The fourth-order valence-corrected chi connectivity index (χ4v) is 1.80. The number of hydrogen-bond acceptors (Lipinski definition) is 2. The quantitative estimate of drug-likeness (QED) is 0.885. The number of nitrogens with one attached hydrogen (secondary N) is 1. The van der Waals surface area contributed by atoms with Crippen LogP contribution in [0.3, 0.4) is 0 Å². The Labute approximate surface area is 114 Å². The van der Waals surface area contributed by atoms with Crippen molar-refractivity contribution in [3.63, 3.8) is 0 Å². The van der Waals surface area contributed by atoms with E-state index in [0.717, 1.165) is 16.9 Å². The molecular formula is C11H10F6N4. The zero-order valence-electron chi connectivity index (χ0n) is 10.7. The first-order valence-electron chi connectivity index (χ1n) is 5.76. The van der Waals surface area contributed by atoms with Gasteiger partial charge in [0.05, 0.1) is 19.2 Å². The Morgan fingerprint density at radius 2 is 1.86 bits per heavy atom. The summed E-state index contributed by atoms with van der Waals surface area (Å²) < 4.78 is 75.6. The Bertz CT molecular complexity index is 621. The van der Waals surface area contributed by atoms with Crippen LogP contribution >= 0.6 is 0 Å². The number of nitrogens with zero attached hydrogens (tertiary/aromatic N) is 3. The second-order valence-corrected chi connectivity index (χ2v) is 4.49. The highest BCUT2D eigenvalue weighted by atomic mass is 19.4. The molecule has 0 atom stereocenters. The summed E-state index contributed by atoms with van der Waals surface area (Å²) in [7, 11) is 0. The van der Waals surface area contributed by atoms with Crippen molar-refractivity contribution in [3.8, 4) is 0 Å². The van der Waals surface area contributed by atoms with Crippen molar-refractivity contribution in [2.45, 2.75) is 32.2 Å². The summed E-state index contributed by atoms with van der Waals surface area (Å²) in [4.78, 5) is 0. The molecule has 0 unspecified atom stereocenters. The number of hydrogen-bond donors (Lipinski definition) is 1. The van der Waals surface area contributed by atoms with E-state index in [9.17, 15) is 26.3 Å². The molecule has 1 N–H and O–H groups in total. The molecule has 0 radical (unpaired) electrons. The standard InChI is InChI=1S/C11H10F6N4/c1-6-2-9(11(15,16)17)20-21(6)5-7-4-18-19-8(7)3-10(12,13)14/h2,4H,3,5H2,1H3,(H,18,19). The van der Waals surface area contributed by atoms with Crippen LogP contribution in [0.4, 0.5) is 26.3 Å². The second kappa shape index (κ2) is 5.08. The maximum absolute atomic E-state index is 12.5. The number of aryl methyl sites for hydroxylation is 1. The van der Waals surface area contributed by atoms with Crippen LogP contribution in [0, 0.1) is 6.92 Å². The van der Waals surface area contributed by atoms with E-state index in [4.69, 9.17) is 0 Å². The molecule has 2 aromatic rings. The van der Waals surface area contributed by atoms with Gasteiger partial charge in [0.15, 0.2) is 5.69 Å². The topological polar surface area (TPSA) is 46.5 Å². The van der Waals surface area contributed by atoms with E-state index in [1.807, 2.05) is 0 Å². The summed E-state index contributed by atoms with van der Waals surface area (Å²) in [6.07, 6.45) is -9.11. The summed E-state index contributed by atoms with van der Waals surface area (Å²) >= 11 is 0. The minimum absolute atomic E-state index is 0.146. The summed E-state index contributed by atoms with van der Waals surface area (Å²) in [5, 5.41) is 9.07. The molecule has 2 rings (SSSR count). The Balaban J connectivity index is 2.24. The third-order valence-electron chi connectivity index (χ3n) is 2.78. The highest BCUT2D eigenvalue weighted by Gasteiger charge is 2.34. The molecule has 0 saturated carbocycles. The van der Waals surface area contributed by atoms with Gasteiger partial charge in [0.2, 0.25) is 0 Å². The highest BCUT2D eigenvalue weighted by Crippen LogP contribution is 2.29. The molecule has 10 heteroatoms. The maximum atomic E-state index is 12.5. The highest BCUT2D eigenvalue weighted by molar-refractivity contribution is 5.20. The molecule has 0 amide bonds. The normalized spacial score (nSPS) is 12.9. The first-order chi connectivity index (χ1) is 9.56. The molecule has 21 heavy (non-hydrogen) atoms. The van der Waals surface area contributed by atoms with Crippen molar-refractivity contribution in [2.75, 3.05) is 0 Å². The monoisotopic (exact) mass is 312 g/mol. The van der Waals surface area contributed by atoms with E-state index in [1.165, 1.54) is 6.92 Å². The van der Waals surface area contributed by atoms with Gasteiger partial charge in [-0.05, 0) is 13.0 Å². The number of H-pyrrole nitrogens is 1. The Kier molecular flexibility index (Phi) is 3.72. The number of aromatic amines is 1. The lowest BCUT2D eigenvalue weighted by Gasteiger charge is -2.08. The Hall–Kier alpha value is -2.00.